The van der Waals surface area contributed by atoms with Gasteiger partial charge in [-0.3, -0.25) is 0 Å². The number of ether oxygens (including phenoxy) is 1. The van der Waals surface area contributed by atoms with Gasteiger partial charge in [0.25, 0.3) is 14.8 Å². The summed E-state index contributed by atoms with van der Waals surface area (Å²) in [6.45, 7) is 0. The first-order valence-corrected chi connectivity index (χ1v) is 6.31. The number of nitrogens with zero attached hydrogens (tertiary/aromatic N) is 2. The summed E-state index contributed by atoms with van der Waals surface area (Å²) < 4.78 is 61.6. The lowest BCUT2D eigenvalue weighted by Crippen LogP contribution is -2.20. The van der Waals surface area contributed by atoms with Gasteiger partial charge in [0, 0.05) is 10.7 Å². The first-order chi connectivity index (χ1) is 8.43. The maximum atomic E-state index is 12.1. The Bertz CT molecular complexity index is 631. The van der Waals surface area contributed by atoms with Crippen molar-refractivity contribution >= 4 is 25.6 Å². The highest BCUT2D eigenvalue weighted by Gasteiger charge is 2.40. The quantitative estimate of drug-likeness (QED) is 0.509. The fraction of sp³-hybridized carbons (Fsp3) is 0.167. The Morgan fingerprint density at radius 3 is 2.37 bits per heavy atom. The molecule has 13 heteroatoms. The summed E-state index contributed by atoms with van der Waals surface area (Å²) in [6, 6.07) is 0. The van der Waals surface area contributed by atoms with Gasteiger partial charge in [0.2, 0.25) is 0 Å². The van der Waals surface area contributed by atoms with Crippen molar-refractivity contribution in [3.63, 3.8) is 0 Å². The van der Waals surface area contributed by atoms with Gasteiger partial charge in [-0.15, -0.1) is 13.2 Å². The summed E-state index contributed by atoms with van der Waals surface area (Å²) >= 11 is 0. The van der Waals surface area contributed by atoms with Crippen LogP contribution in [0.25, 0.3) is 0 Å². The van der Waals surface area contributed by atoms with Gasteiger partial charge < -0.3 is 20.0 Å². The van der Waals surface area contributed by atoms with Gasteiger partial charge in [-0.2, -0.15) is 0 Å². The molecule has 0 aromatic carbocycles. The van der Waals surface area contributed by atoms with Gasteiger partial charge in [-0.25, -0.2) is 8.42 Å². The summed E-state index contributed by atoms with van der Waals surface area (Å²) in [4.78, 5) is 10.3. The van der Waals surface area contributed by atoms with E-state index in [9.17, 15) is 31.7 Å². The molecule has 0 saturated heterocycles. The molecule has 1 rings (SSSR count). The zero-order valence-electron chi connectivity index (χ0n) is 8.38. The molecule has 19 heavy (non-hydrogen) atoms. The first-order valence-electron chi connectivity index (χ1n) is 4.00. The predicted octanol–water partition coefficient (Wildman–Crippen LogP) is 1.52. The molecule has 0 atom stereocenters. The van der Waals surface area contributed by atoms with Crippen molar-refractivity contribution in [2.45, 2.75) is 11.3 Å². The van der Waals surface area contributed by atoms with E-state index in [0.717, 1.165) is 0 Å². The highest BCUT2D eigenvalue weighted by Crippen LogP contribution is 2.42. The van der Waals surface area contributed by atoms with Crippen LogP contribution in [0.4, 0.5) is 19.0 Å². The summed E-state index contributed by atoms with van der Waals surface area (Å²) in [5.41, 5.74) is 0. The van der Waals surface area contributed by atoms with Crippen LogP contribution in [-0.2, 0) is 9.05 Å². The molecule has 0 saturated carbocycles. The van der Waals surface area contributed by atoms with Crippen molar-refractivity contribution in [3.8, 4) is 11.5 Å². The third-order valence-corrected chi connectivity index (χ3v) is 2.93. The van der Waals surface area contributed by atoms with Crippen molar-refractivity contribution in [1.82, 2.24) is 4.98 Å². The highest BCUT2D eigenvalue weighted by molar-refractivity contribution is 8.14. The molecular weight excluding hydrogens is 321 g/mol. The molecule has 0 aliphatic heterocycles. The van der Waals surface area contributed by atoms with Crippen LogP contribution in [0.2, 0.25) is 0 Å². The van der Waals surface area contributed by atoms with Crippen LogP contribution in [0.1, 0.15) is 0 Å². The van der Waals surface area contributed by atoms with Crippen molar-refractivity contribution in [2.24, 2.45) is 0 Å². The van der Waals surface area contributed by atoms with Crippen LogP contribution >= 0.6 is 10.7 Å². The molecule has 1 aromatic heterocycles. The Labute approximate surface area is 107 Å². The largest absolute Gasteiger partial charge is 0.573 e. The Morgan fingerprint density at radius 1 is 1.47 bits per heavy atom. The second-order valence-corrected chi connectivity index (χ2v) is 5.37. The van der Waals surface area contributed by atoms with Gasteiger partial charge in [-0.05, 0) is 9.91 Å². The minimum Gasteiger partial charge on any atom is -0.503 e. The van der Waals surface area contributed by atoms with E-state index < -0.39 is 42.5 Å². The van der Waals surface area contributed by atoms with Crippen LogP contribution < -0.4 is 4.74 Å². The Kier molecular flexibility index (Phi) is 3.77. The number of aromatic hydroxyl groups is 1. The summed E-state index contributed by atoms with van der Waals surface area (Å²) in [6.07, 6.45) is -5.19. The molecule has 0 radical (unpaired) electrons. The smallest absolute Gasteiger partial charge is 0.503 e. The normalized spacial score (nSPS) is 12.2. The second-order valence-electron chi connectivity index (χ2n) is 2.87. The van der Waals surface area contributed by atoms with E-state index >= 15 is 0 Å². The Hall–Kier alpha value is -1.82. The fourth-order valence-corrected chi connectivity index (χ4v) is 2.14. The van der Waals surface area contributed by atoms with Crippen molar-refractivity contribution < 1.29 is 36.4 Å². The third-order valence-electron chi connectivity index (χ3n) is 1.59. The van der Waals surface area contributed by atoms with Gasteiger partial charge in [0.15, 0.2) is 16.8 Å². The Morgan fingerprint density at radius 2 is 2.00 bits per heavy atom. The van der Waals surface area contributed by atoms with Crippen LogP contribution in [0.5, 0.6) is 11.5 Å². The van der Waals surface area contributed by atoms with E-state index in [1.165, 1.54) is 0 Å². The minimum atomic E-state index is -5.45. The number of hydrogen-bond donors (Lipinski definition) is 1. The molecule has 0 aliphatic carbocycles. The molecule has 106 valence electrons. The number of nitro groups is 1. The monoisotopic (exact) mass is 322 g/mol. The lowest BCUT2D eigenvalue weighted by atomic mass is 10.4. The number of aromatic nitrogens is 1. The number of rotatable bonds is 3. The first kappa shape index (κ1) is 15.2. The molecule has 1 heterocycles. The second kappa shape index (κ2) is 4.70. The lowest BCUT2D eigenvalue weighted by Gasteiger charge is -2.11. The van der Waals surface area contributed by atoms with Crippen LogP contribution in [0, 0.1) is 10.1 Å². The molecule has 0 unspecified atom stereocenters. The highest BCUT2D eigenvalue weighted by atomic mass is 35.7. The summed E-state index contributed by atoms with van der Waals surface area (Å²) in [5, 5.41) is 19.6. The van der Waals surface area contributed by atoms with Crippen molar-refractivity contribution in [2.75, 3.05) is 0 Å². The van der Waals surface area contributed by atoms with Gasteiger partial charge in [0.1, 0.15) is 0 Å². The molecule has 1 aromatic rings. The number of halogens is 4. The molecule has 0 bridgehead atoms. The van der Waals surface area contributed by atoms with E-state index in [0.29, 0.717) is 0 Å². The van der Waals surface area contributed by atoms with Crippen LogP contribution in [0.15, 0.2) is 11.1 Å². The maximum Gasteiger partial charge on any atom is 0.573 e. The number of pyridine rings is 1. The third kappa shape index (κ3) is 3.57. The van der Waals surface area contributed by atoms with E-state index in [-0.39, 0.29) is 6.20 Å². The zero-order valence-corrected chi connectivity index (χ0v) is 9.95. The molecule has 8 nitrogen and oxygen atoms in total. The Balaban J connectivity index is 3.70. The lowest BCUT2D eigenvalue weighted by molar-refractivity contribution is -0.393. The number of hydrogen-bond acceptors (Lipinski definition) is 7. The van der Waals surface area contributed by atoms with Crippen LogP contribution in [-0.4, -0.2) is 29.8 Å². The standard InChI is InChI=1S/C6H2ClF3N2O6S/c7-19(16,17)4-2(13)1-11-5(12(14)15)3(4)18-6(8,9)10/h1,13H. The maximum absolute atomic E-state index is 12.1. The summed E-state index contributed by atoms with van der Waals surface area (Å²) in [7, 11) is -0.151. The molecule has 0 aliphatic rings. The topological polar surface area (TPSA) is 120 Å². The van der Waals surface area contributed by atoms with E-state index in [1.54, 1.807) is 0 Å². The van der Waals surface area contributed by atoms with Crippen molar-refractivity contribution in [1.29, 1.82) is 0 Å². The summed E-state index contributed by atoms with van der Waals surface area (Å²) in [5.74, 6) is -4.69. The number of alkyl halides is 3. The molecule has 0 fully saturated rings. The average molecular weight is 323 g/mol. The minimum absolute atomic E-state index is 0.261. The van der Waals surface area contributed by atoms with Crippen molar-refractivity contribution in [3.05, 3.63) is 16.3 Å². The fourth-order valence-electron chi connectivity index (χ4n) is 1.03. The van der Waals surface area contributed by atoms with E-state index in [2.05, 4.69) is 9.72 Å². The zero-order chi connectivity index (χ0) is 15.0. The van der Waals surface area contributed by atoms with Crippen LogP contribution in [0.3, 0.4) is 0 Å². The van der Waals surface area contributed by atoms with E-state index in [1.807, 2.05) is 0 Å². The predicted molar refractivity (Wildman–Crippen MR) is 52.3 cm³/mol. The SMILES string of the molecule is O=[N+]([O-])c1ncc(O)c(S(=O)(=O)Cl)c1OC(F)(F)F. The molecule has 1 N–H and O–H groups in total. The molecule has 0 spiro atoms. The van der Waals surface area contributed by atoms with Gasteiger partial charge >= 0.3 is 12.2 Å². The van der Waals surface area contributed by atoms with E-state index in [4.69, 9.17) is 15.8 Å². The van der Waals surface area contributed by atoms with Gasteiger partial charge in [-0.1, -0.05) is 0 Å². The molecular formula is C6H2ClF3N2O6S. The van der Waals surface area contributed by atoms with Gasteiger partial charge in [0.05, 0.1) is 0 Å². The average Bonchev–Trinajstić information content (AvgIpc) is 2.11. The molecule has 0 amide bonds.